The number of nitrogens with zero attached hydrogens (tertiary/aromatic N) is 1. The van der Waals surface area contributed by atoms with Crippen LogP contribution in [0.4, 0.5) is 5.82 Å². The van der Waals surface area contributed by atoms with Crippen LogP contribution in [-0.4, -0.2) is 15.6 Å². The van der Waals surface area contributed by atoms with E-state index in [1.807, 2.05) is 0 Å². The first-order valence-corrected chi connectivity index (χ1v) is 6.15. The van der Waals surface area contributed by atoms with E-state index >= 15 is 0 Å². The number of hydrogen-bond acceptors (Lipinski definition) is 3. The Morgan fingerprint density at radius 3 is 2.71 bits per heavy atom. The van der Waals surface area contributed by atoms with Gasteiger partial charge in [-0.1, -0.05) is 19.8 Å². The Morgan fingerprint density at radius 2 is 2.06 bits per heavy atom. The minimum atomic E-state index is -0.372. The van der Waals surface area contributed by atoms with Gasteiger partial charge in [0.05, 0.1) is 0 Å². The van der Waals surface area contributed by atoms with Gasteiger partial charge in [-0.05, 0) is 18.8 Å². The number of rotatable bonds is 2. The zero-order valence-electron chi connectivity index (χ0n) is 10.3. The van der Waals surface area contributed by atoms with Crippen molar-refractivity contribution in [1.82, 2.24) is 9.55 Å². The van der Waals surface area contributed by atoms with Crippen LogP contribution in [0.3, 0.4) is 0 Å². The fourth-order valence-corrected chi connectivity index (χ4v) is 2.36. The fraction of sp³-hybridized carbons (Fsp3) is 0.667. The van der Waals surface area contributed by atoms with Gasteiger partial charge in [0.1, 0.15) is 5.82 Å². The Balaban J connectivity index is 2.18. The van der Waals surface area contributed by atoms with Crippen molar-refractivity contribution >= 4 is 5.82 Å². The molecule has 0 unspecified atom stereocenters. The molecule has 1 aromatic heterocycles. The van der Waals surface area contributed by atoms with Gasteiger partial charge in [-0.15, -0.1) is 0 Å². The van der Waals surface area contributed by atoms with Crippen molar-refractivity contribution in [2.75, 3.05) is 5.32 Å². The second-order valence-corrected chi connectivity index (χ2v) is 4.90. The molecule has 1 fully saturated rings. The summed E-state index contributed by atoms with van der Waals surface area (Å²) in [7, 11) is 1.47. The smallest absolute Gasteiger partial charge is 0.329 e. The lowest BCUT2D eigenvalue weighted by Crippen LogP contribution is -2.36. The summed E-state index contributed by atoms with van der Waals surface area (Å²) in [5, 5.41) is 3.27. The van der Waals surface area contributed by atoms with Gasteiger partial charge in [-0.3, -0.25) is 14.3 Å². The summed E-state index contributed by atoms with van der Waals surface area (Å²) in [6.07, 6.45) is 4.77. The van der Waals surface area contributed by atoms with Crippen LogP contribution >= 0.6 is 0 Å². The molecule has 1 heterocycles. The predicted molar refractivity (Wildman–Crippen MR) is 67.3 cm³/mol. The maximum absolute atomic E-state index is 11.5. The molecule has 0 saturated heterocycles. The van der Waals surface area contributed by atoms with Crippen molar-refractivity contribution < 1.29 is 0 Å². The van der Waals surface area contributed by atoms with Crippen LogP contribution in [0.1, 0.15) is 32.6 Å². The molecule has 5 heteroatoms. The van der Waals surface area contributed by atoms with Gasteiger partial charge < -0.3 is 5.32 Å². The first kappa shape index (κ1) is 12.0. The van der Waals surface area contributed by atoms with Crippen molar-refractivity contribution in [3.63, 3.8) is 0 Å². The third kappa shape index (κ3) is 2.60. The minimum Gasteiger partial charge on any atom is -0.368 e. The molecule has 0 aliphatic heterocycles. The van der Waals surface area contributed by atoms with Crippen molar-refractivity contribution in [3.8, 4) is 0 Å². The van der Waals surface area contributed by atoms with E-state index in [4.69, 9.17) is 0 Å². The van der Waals surface area contributed by atoms with E-state index in [2.05, 4.69) is 17.2 Å². The molecule has 5 nitrogen and oxygen atoms in total. The van der Waals surface area contributed by atoms with E-state index in [0.29, 0.717) is 17.8 Å². The second kappa shape index (κ2) is 4.77. The number of hydrogen-bond donors (Lipinski definition) is 2. The van der Waals surface area contributed by atoms with Crippen molar-refractivity contribution in [1.29, 1.82) is 0 Å². The van der Waals surface area contributed by atoms with Gasteiger partial charge >= 0.3 is 5.69 Å². The summed E-state index contributed by atoms with van der Waals surface area (Å²) in [5.41, 5.74) is -0.650. The summed E-state index contributed by atoms with van der Waals surface area (Å²) in [5.74, 6) is 1.12. The molecule has 94 valence electrons. The lowest BCUT2D eigenvalue weighted by atomic mass is 9.86. The molecular formula is C12H19N3O2. The third-order valence-corrected chi connectivity index (χ3v) is 3.60. The van der Waals surface area contributed by atoms with Gasteiger partial charge in [0.2, 0.25) is 0 Å². The highest BCUT2D eigenvalue weighted by Gasteiger charge is 2.21. The van der Waals surface area contributed by atoms with E-state index in [-0.39, 0.29) is 11.2 Å². The summed E-state index contributed by atoms with van der Waals surface area (Å²) >= 11 is 0. The Bertz CT molecular complexity index is 472. The molecule has 0 bridgehead atoms. The molecule has 0 amide bonds. The predicted octanol–water partition coefficient (Wildman–Crippen LogP) is 1.06. The Labute approximate surface area is 99.9 Å². The lowest BCUT2D eigenvalue weighted by Gasteiger charge is -2.30. The standard InChI is InChI=1S/C12H19N3O2/c1-8-5-3-4-6-9(8)13-10-7-11(16)15(2)12(17)14-10/h7-9,13H,3-6H2,1-2H3,(H,14,17)/t8-,9+/m1/s1. The van der Waals surface area contributed by atoms with Crippen LogP contribution in [0.25, 0.3) is 0 Å². The molecule has 1 saturated carbocycles. The SMILES string of the molecule is C[C@@H]1CCCC[C@@H]1Nc1cc(=O)n(C)c(=O)[nH]1. The minimum absolute atomic E-state index is 0.278. The van der Waals surface area contributed by atoms with Crippen LogP contribution in [0.5, 0.6) is 0 Å². The van der Waals surface area contributed by atoms with Crippen molar-refractivity contribution in [2.24, 2.45) is 13.0 Å². The summed E-state index contributed by atoms with van der Waals surface area (Å²) in [4.78, 5) is 25.6. The van der Waals surface area contributed by atoms with Crippen LogP contribution < -0.4 is 16.6 Å². The number of nitrogens with one attached hydrogen (secondary N) is 2. The van der Waals surface area contributed by atoms with E-state index in [9.17, 15) is 9.59 Å². The average Bonchev–Trinajstić information content (AvgIpc) is 2.29. The lowest BCUT2D eigenvalue weighted by molar-refractivity contribution is 0.349. The highest BCUT2D eigenvalue weighted by molar-refractivity contribution is 5.33. The molecule has 2 N–H and O–H groups in total. The molecular weight excluding hydrogens is 218 g/mol. The molecule has 1 aromatic rings. The topological polar surface area (TPSA) is 66.9 Å². The molecule has 1 aliphatic rings. The van der Waals surface area contributed by atoms with Crippen molar-refractivity contribution in [2.45, 2.75) is 38.6 Å². The van der Waals surface area contributed by atoms with E-state index in [1.54, 1.807) is 0 Å². The Hall–Kier alpha value is -1.52. The van der Waals surface area contributed by atoms with E-state index in [1.165, 1.54) is 32.4 Å². The van der Waals surface area contributed by atoms with Crippen LogP contribution in [0, 0.1) is 5.92 Å². The number of H-pyrrole nitrogens is 1. The largest absolute Gasteiger partial charge is 0.368 e. The van der Waals surface area contributed by atoms with Gasteiger partial charge in [0.15, 0.2) is 0 Å². The number of aromatic amines is 1. The van der Waals surface area contributed by atoms with Crippen LogP contribution in [0.2, 0.25) is 0 Å². The second-order valence-electron chi connectivity index (χ2n) is 4.90. The third-order valence-electron chi connectivity index (χ3n) is 3.60. The maximum atomic E-state index is 11.5. The summed E-state index contributed by atoms with van der Waals surface area (Å²) < 4.78 is 1.06. The zero-order chi connectivity index (χ0) is 12.4. The molecule has 2 atom stereocenters. The number of anilines is 1. The van der Waals surface area contributed by atoms with Crippen LogP contribution in [-0.2, 0) is 7.05 Å². The fourth-order valence-electron chi connectivity index (χ4n) is 2.36. The first-order valence-electron chi connectivity index (χ1n) is 6.15. The Kier molecular flexibility index (Phi) is 3.36. The van der Waals surface area contributed by atoms with Crippen LogP contribution in [0.15, 0.2) is 15.7 Å². The summed E-state index contributed by atoms with van der Waals surface area (Å²) in [6.45, 7) is 2.20. The van der Waals surface area contributed by atoms with Gasteiger partial charge in [0, 0.05) is 19.2 Å². The van der Waals surface area contributed by atoms with Gasteiger partial charge in [-0.25, -0.2) is 4.79 Å². The Morgan fingerprint density at radius 1 is 1.35 bits per heavy atom. The maximum Gasteiger partial charge on any atom is 0.329 e. The molecule has 0 radical (unpaired) electrons. The zero-order valence-corrected chi connectivity index (χ0v) is 10.3. The monoisotopic (exact) mass is 237 g/mol. The molecule has 1 aliphatic carbocycles. The average molecular weight is 237 g/mol. The highest BCUT2D eigenvalue weighted by Crippen LogP contribution is 2.25. The molecule has 2 rings (SSSR count). The van der Waals surface area contributed by atoms with E-state index in [0.717, 1.165) is 11.0 Å². The van der Waals surface area contributed by atoms with E-state index < -0.39 is 0 Å². The normalized spacial score (nSPS) is 24.6. The highest BCUT2D eigenvalue weighted by atomic mass is 16.2. The summed E-state index contributed by atoms with van der Waals surface area (Å²) in [6, 6.07) is 1.80. The number of aromatic nitrogens is 2. The quantitative estimate of drug-likeness (QED) is 0.808. The van der Waals surface area contributed by atoms with Gasteiger partial charge in [0.25, 0.3) is 5.56 Å². The van der Waals surface area contributed by atoms with Gasteiger partial charge in [-0.2, -0.15) is 0 Å². The molecule has 17 heavy (non-hydrogen) atoms. The molecule has 0 spiro atoms. The first-order chi connectivity index (χ1) is 8.08. The molecule has 0 aromatic carbocycles. The van der Waals surface area contributed by atoms with Crippen molar-refractivity contribution in [3.05, 3.63) is 26.9 Å².